The summed E-state index contributed by atoms with van der Waals surface area (Å²) in [6.45, 7) is 2.78. The molecule has 21 heavy (non-hydrogen) atoms. The molecule has 0 aliphatic heterocycles. The van der Waals surface area contributed by atoms with Crippen LogP contribution in [0.2, 0.25) is 15.1 Å². The normalized spacial score (nSPS) is 10.5. The molecule has 2 rings (SSSR count). The first-order chi connectivity index (χ1) is 10.0. The summed E-state index contributed by atoms with van der Waals surface area (Å²) < 4.78 is 0. The molecule has 1 aromatic carbocycles. The van der Waals surface area contributed by atoms with Gasteiger partial charge >= 0.3 is 0 Å². The van der Waals surface area contributed by atoms with Crippen LogP contribution >= 0.6 is 46.6 Å². The van der Waals surface area contributed by atoms with E-state index in [1.54, 1.807) is 12.1 Å². The van der Waals surface area contributed by atoms with Crippen LogP contribution in [0.25, 0.3) is 0 Å². The molecule has 0 bridgehead atoms. The summed E-state index contributed by atoms with van der Waals surface area (Å²) in [7, 11) is 0. The first-order valence-corrected chi connectivity index (χ1v) is 8.48. The summed E-state index contributed by atoms with van der Waals surface area (Å²) >= 11 is 19.5. The molecule has 0 saturated heterocycles. The number of nitrogens with one attached hydrogen (secondary N) is 2. The average molecular weight is 364 g/mol. The van der Waals surface area contributed by atoms with Gasteiger partial charge in [0.2, 0.25) is 0 Å². The Bertz CT molecular complexity index is 652. The minimum absolute atomic E-state index is 0.410. The predicted octanol–water partition coefficient (Wildman–Crippen LogP) is 5.33. The third kappa shape index (κ3) is 4.30. The monoisotopic (exact) mass is 362 g/mol. The van der Waals surface area contributed by atoms with Crippen LogP contribution in [0.1, 0.15) is 6.92 Å². The summed E-state index contributed by atoms with van der Waals surface area (Å²) in [5.74, 6) is 1.38. The zero-order chi connectivity index (χ0) is 15.4. The van der Waals surface area contributed by atoms with Gasteiger partial charge in [-0.2, -0.15) is 0 Å². The van der Waals surface area contributed by atoms with Crippen molar-refractivity contribution in [1.82, 2.24) is 9.97 Å². The molecule has 4 nitrogen and oxygen atoms in total. The Morgan fingerprint density at radius 1 is 1.00 bits per heavy atom. The van der Waals surface area contributed by atoms with Gasteiger partial charge in [0.05, 0.1) is 20.8 Å². The number of hydrogen-bond acceptors (Lipinski definition) is 5. The number of rotatable bonds is 5. The van der Waals surface area contributed by atoms with Gasteiger partial charge in [0.25, 0.3) is 0 Å². The summed E-state index contributed by atoms with van der Waals surface area (Å²) in [5.41, 5.74) is 0.638. The van der Waals surface area contributed by atoms with Crippen molar-refractivity contribution in [2.24, 2.45) is 0 Å². The van der Waals surface area contributed by atoms with Gasteiger partial charge in [-0.3, -0.25) is 0 Å². The van der Waals surface area contributed by atoms with Gasteiger partial charge in [0.15, 0.2) is 5.16 Å². The lowest BCUT2D eigenvalue weighted by atomic mass is 10.3. The summed E-state index contributed by atoms with van der Waals surface area (Å²) in [5, 5.41) is 8.26. The second-order valence-electron chi connectivity index (χ2n) is 4.03. The third-order valence-electron chi connectivity index (χ3n) is 2.52. The molecule has 0 spiro atoms. The van der Waals surface area contributed by atoms with Crippen LogP contribution in [-0.2, 0) is 0 Å². The van der Waals surface area contributed by atoms with Crippen LogP contribution in [0, 0.1) is 0 Å². The van der Waals surface area contributed by atoms with E-state index in [9.17, 15) is 0 Å². The van der Waals surface area contributed by atoms with E-state index in [0.29, 0.717) is 31.7 Å². The van der Waals surface area contributed by atoms with Crippen LogP contribution in [-0.4, -0.2) is 22.8 Å². The van der Waals surface area contributed by atoms with Crippen LogP contribution in [0.5, 0.6) is 0 Å². The highest BCUT2D eigenvalue weighted by atomic mass is 35.5. The lowest BCUT2D eigenvalue weighted by molar-refractivity contribution is 0.967. The molecule has 2 N–H and O–H groups in total. The second kappa shape index (κ2) is 7.40. The molecular weight excluding hydrogens is 351 g/mol. The van der Waals surface area contributed by atoms with Crippen LogP contribution in [0.4, 0.5) is 17.3 Å². The van der Waals surface area contributed by atoms with E-state index < -0.39 is 0 Å². The second-order valence-corrected chi connectivity index (χ2v) is 6.02. The highest BCUT2D eigenvalue weighted by molar-refractivity contribution is 7.98. The maximum absolute atomic E-state index is 6.16. The van der Waals surface area contributed by atoms with Crippen molar-refractivity contribution in [3.63, 3.8) is 0 Å². The standard InChI is InChI=1S/C13H13Cl3N4S/c1-3-17-11-6-12(20-13(19-11)21-2)18-10-5-8(15)7(14)4-9(10)16/h4-6H,3H2,1-2H3,(H2,17,18,19,20). The number of hydrogen-bond donors (Lipinski definition) is 2. The molecule has 8 heteroatoms. The minimum atomic E-state index is 0.410. The minimum Gasteiger partial charge on any atom is -0.370 e. The fourth-order valence-electron chi connectivity index (χ4n) is 1.61. The molecule has 0 radical (unpaired) electrons. The zero-order valence-electron chi connectivity index (χ0n) is 11.4. The molecule has 112 valence electrons. The molecule has 2 aromatic rings. The number of thioether (sulfide) groups is 1. The first-order valence-electron chi connectivity index (χ1n) is 6.12. The smallest absolute Gasteiger partial charge is 0.191 e. The van der Waals surface area contributed by atoms with E-state index in [1.807, 2.05) is 19.2 Å². The average Bonchev–Trinajstić information content (AvgIpc) is 2.45. The van der Waals surface area contributed by atoms with Crippen molar-refractivity contribution < 1.29 is 0 Å². The van der Waals surface area contributed by atoms with Crippen LogP contribution in [0.15, 0.2) is 23.4 Å². The van der Waals surface area contributed by atoms with E-state index in [4.69, 9.17) is 34.8 Å². The Labute approximate surface area is 142 Å². The molecule has 0 atom stereocenters. The molecule has 1 heterocycles. The molecule has 0 fully saturated rings. The van der Waals surface area contributed by atoms with Crippen molar-refractivity contribution in [1.29, 1.82) is 0 Å². The lowest BCUT2D eigenvalue weighted by Crippen LogP contribution is -2.03. The van der Waals surface area contributed by atoms with Crippen LogP contribution in [0.3, 0.4) is 0 Å². The van der Waals surface area contributed by atoms with Gasteiger partial charge in [-0.05, 0) is 25.3 Å². The molecular formula is C13H13Cl3N4S. The highest BCUT2D eigenvalue weighted by Gasteiger charge is 2.09. The summed E-state index contributed by atoms with van der Waals surface area (Å²) in [6.07, 6.45) is 1.92. The van der Waals surface area contributed by atoms with Crippen molar-refractivity contribution in [2.75, 3.05) is 23.4 Å². The predicted molar refractivity (Wildman–Crippen MR) is 92.7 cm³/mol. The largest absolute Gasteiger partial charge is 0.370 e. The maximum atomic E-state index is 6.16. The van der Waals surface area contributed by atoms with Gasteiger partial charge < -0.3 is 10.6 Å². The Hall–Kier alpha value is -0.880. The first kappa shape index (κ1) is 16.5. The molecule has 0 unspecified atom stereocenters. The Balaban J connectivity index is 2.34. The fourth-order valence-corrected chi connectivity index (χ4v) is 2.58. The van der Waals surface area contributed by atoms with E-state index in [-0.39, 0.29) is 0 Å². The van der Waals surface area contributed by atoms with E-state index in [0.717, 1.165) is 12.4 Å². The quantitative estimate of drug-likeness (QED) is 0.427. The third-order valence-corrected chi connectivity index (χ3v) is 4.10. The van der Waals surface area contributed by atoms with Gasteiger partial charge in [0.1, 0.15) is 11.6 Å². The van der Waals surface area contributed by atoms with Gasteiger partial charge in [-0.1, -0.05) is 46.6 Å². The number of benzene rings is 1. The molecule has 1 aromatic heterocycles. The summed E-state index contributed by atoms with van der Waals surface area (Å²) in [6, 6.07) is 5.07. The number of anilines is 3. The van der Waals surface area contributed by atoms with Crippen molar-refractivity contribution in [3.8, 4) is 0 Å². The maximum Gasteiger partial charge on any atom is 0.191 e. The van der Waals surface area contributed by atoms with E-state index in [2.05, 4.69) is 20.6 Å². The Kier molecular flexibility index (Phi) is 5.81. The van der Waals surface area contributed by atoms with E-state index in [1.165, 1.54) is 11.8 Å². The summed E-state index contributed by atoms with van der Waals surface area (Å²) in [4.78, 5) is 8.75. The Morgan fingerprint density at radius 2 is 1.67 bits per heavy atom. The number of halogens is 3. The molecule has 0 aliphatic carbocycles. The Morgan fingerprint density at radius 3 is 2.33 bits per heavy atom. The lowest BCUT2D eigenvalue weighted by Gasteiger charge is -2.11. The fraction of sp³-hybridized carbons (Fsp3) is 0.231. The van der Waals surface area contributed by atoms with Gasteiger partial charge in [-0.25, -0.2) is 9.97 Å². The molecule has 0 amide bonds. The highest BCUT2D eigenvalue weighted by Crippen LogP contribution is 2.34. The SMILES string of the molecule is CCNc1cc(Nc2cc(Cl)c(Cl)cc2Cl)nc(SC)n1. The van der Waals surface area contributed by atoms with Crippen molar-refractivity contribution in [2.45, 2.75) is 12.1 Å². The zero-order valence-corrected chi connectivity index (χ0v) is 14.5. The van der Waals surface area contributed by atoms with Crippen LogP contribution < -0.4 is 10.6 Å². The number of aromatic nitrogens is 2. The molecule has 0 saturated carbocycles. The van der Waals surface area contributed by atoms with Gasteiger partial charge in [0, 0.05) is 12.6 Å². The van der Waals surface area contributed by atoms with E-state index >= 15 is 0 Å². The van der Waals surface area contributed by atoms with Crippen molar-refractivity contribution >= 4 is 63.9 Å². The van der Waals surface area contributed by atoms with Gasteiger partial charge in [-0.15, -0.1) is 0 Å². The molecule has 0 aliphatic rings. The number of nitrogens with zero attached hydrogens (tertiary/aromatic N) is 2. The topological polar surface area (TPSA) is 49.8 Å². The van der Waals surface area contributed by atoms with Crippen molar-refractivity contribution in [3.05, 3.63) is 33.3 Å².